The summed E-state index contributed by atoms with van der Waals surface area (Å²) in [6.45, 7) is 2.67. The van der Waals surface area contributed by atoms with E-state index in [0.29, 0.717) is 17.3 Å². The van der Waals surface area contributed by atoms with Crippen molar-refractivity contribution in [2.24, 2.45) is 0 Å². The highest BCUT2D eigenvalue weighted by molar-refractivity contribution is 5.81. The summed E-state index contributed by atoms with van der Waals surface area (Å²) in [5.74, 6) is 0.130. The lowest BCUT2D eigenvalue weighted by atomic mass is 9.87. The molecule has 1 aliphatic rings. The van der Waals surface area contributed by atoms with Crippen LogP contribution in [-0.4, -0.2) is 33.2 Å². The van der Waals surface area contributed by atoms with E-state index in [1.54, 1.807) is 24.3 Å². The van der Waals surface area contributed by atoms with Crippen molar-refractivity contribution in [2.45, 2.75) is 44.7 Å². The van der Waals surface area contributed by atoms with Crippen LogP contribution in [0.5, 0.6) is 0 Å². The first-order valence-electron chi connectivity index (χ1n) is 10.2. The number of carbonyl (C=O) groups is 1. The van der Waals surface area contributed by atoms with Gasteiger partial charge in [0.05, 0.1) is 10.8 Å². The zero-order valence-electron chi connectivity index (χ0n) is 16.5. The Morgan fingerprint density at radius 1 is 1.07 bits per heavy atom. The van der Waals surface area contributed by atoms with Crippen LogP contribution >= 0.6 is 0 Å². The number of likely N-dealkylation sites (tertiary alicyclic amines) is 1. The standard InChI is InChI=1S/C23H25N3O3/c1-2-17(16-9-4-3-5-10-16)20-13-8-14-25(20)21(27)15-26-23(29)19-12-7-6-11-18(19)22(28)24-26/h3-7,9-12,17,20H,2,8,13-15H2,1H3,(H,24,28)/t17-,20-/m0/s1. The SMILES string of the molecule is CC[C@@H](c1ccccc1)[C@@H]1CCCN1C(=O)Cn1[nH]c(=O)c2ccccc2c1=O. The number of benzene rings is 2. The van der Waals surface area contributed by atoms with Gasteiger partial charge in [0.1, 0.15) is 6.54 Å². The number of aromatic amines is 1. The molecule has 0 unspecified atom stereocenters. The molecule has 6 heteroatoms. The summed E-state index contributed by atoms with van der Waals surface area (Å²) in [7, 11) is 0. The second-order valence-corrected chi connectivity index (χ2v) is 7.60. The minimum absolute atomic E-state index is 0.109. The molecule has 150 valence electrons. The molecule has 0 radical (unpaired) electrons. The topological polar surface area (TPSA) is 75.2 Å². The lowest BCUT2D eigenvalue weighted by Crippen LogP contribution is -2.43. The third kappa shape index (κ3) is 3.62. The van der Waals surface area contributed by atoms with Crippen LogP contribution in [0.3, 0.4) is 0 Å². The number of hydrogen-bond acceptors (Lipinski definition) is 3. The number of rotatable bonds is 5. The van der Waals surface area contributed by atoms with E-state index in [0.717, 1.165) is 23.9 Å². The highest BCUT2D eigenvalue weighted by Crippen LogP contribution is 2.33. The molecule has 0 aliphatic carbocycles. The molecule has 3 aromatic rings. The molecule has 0 bridgehead atoms. The summed E-state index contributed by atoms with van der Waals surface area (Å²) in [5, 5.41) is 3.24. The molecule has 1 fully saturated rings. The maximum absolute atomic E-state index is 13.1. The van der Waals surface area contributed by atoms with Gasteiger partial charge in [0.25, 0.3) is 11.1 Å². The smallest absolute Gasteiger partial charge is 0.273 e. The van der Waals surface area contributed by atoms with Gasteiger partial charge in [0.15, 0.2) is 0 Å². The van der Waals surface area contributed by atoms with Crippen molar-refractivity contribution in [3.63, 3.8) is 0 Å². The molecule has 1 N–H and O–H groups in total. The number of nitrogens with one attached hydrogen (secondary N) is 1. The normalized spacial score (nSPS) is 17.6. The molecular formula is C23H25N3O3. The van der Waals surface area contributed by atoms with Crippen molar-refractivity contribution in [1.29, 1.82) is 0 Å². The third-order valence-corrected chi connectivity index (χ3v) is 5.93. The summed E-state index contributed by atoms with van der Waals surface area (Å²) >= 11 is 0. The van der Waals surface area contributed by atoms with Gasteiger partial charge in [-0.05, 0) is 37.0 Å². The van der Waals surface area contributed by atoms with E-state index in [-0.39, 0.29) is 35.5 Å². The van der Waals surface area contributed by atoms with Gasteiger partial charge in [-0.2, -0.15) is 0 Å². The molecule has 1 aromatic heterocycles. The number of nitrogens with zero attached hydrogens (tertiary/aromatic N) is 2. The first-order valence-corrected chi connectivity index (χ1v) is 10.2. The molecule has 0 saturated carbocycles. The van der Waals surface area contributed by atoms with Gasteiger partial charge in [-0.3, -0.25) is 19.5 Å². The van der Waals surface area contributed by atoms with E-state index in [9.17, 15) is 14.4 Å². The Labute approximate surface area is 168 Å². The van der Waals surface area contributed by atoms with Gasteiger partial charge in [-0.15, -0.1) is 0 Å². The van der Waals surface area contributed by atoms with Crippen molar-refractivity contribution >= 4 is 16.7 Å². The van der Waals surface area contributed by atoms with Crippen molar-refractivity contribution in [3.8, 4) is 0 Å². The fourth-order valence-electron chi connectivity index (χ4n) is 4.53. The molecule has 29 heavy (non-hydrogen) atoms. The Morgan fingerprint density at radius 2 is 1.76 bits per heavy atom. The molecule has 4 rings (SSSR count). The molecule has 2 atom stereocenters. The largest absolute Gasteiger partial charge is 0.337 e. The van der Waals surface area contributed by atoms with Gasteiger partial charge < -0.3 is 4.90 Å². The summed E-state index contributed by atoms with van der Waals surface area (Å²) < 4.78 is 1.14. The summed E-state index contributed by atoms with van der Waals surface area (Å²) in [4.78, 5) is 40.1. The monoisotopic (exact) mass is 391 g/mol. The first kappa shape index (κ1) is 19.2. The van der Waals surface area contributed by atoms with Crippen LogP contribution in [0.2, 0.25) is 0 Å². The van der Waals surface area contributed by atoms with Crippen molar-refractivity contribution in [1.82, 2.24) is 14.7 Å². The summed E-state index contributed by atoms with van der Waals surface area (Å²) in [5.41, 5.74) is 0.525. The predicted molar refractivity (Wildman–Crippen MR) is 113 cm³/mol. The van der Waals surface area contributed by atoms with Gasteiger partial charge >= 0.3 is 0 Å². The van der Waals surface area contributed by atoms with E-state index in [4.69, 9.17) is 0 Å². The quantitative estimate of drug-likeness (QED) is 0.727. The van der Waals surface area contributed by atoms with Crippen LogP contribution in [0.1, 0.15) is 37.7 Å². The van der Waals surface area contributed by atoms with E-state index in [1.807, 2.05) is 23.1 Å². The molecule has 6 nitrogen and oxygen atoms in total. The number of H-pyrrole nitrogens is 1. The number of amides is 1. The molecule has 2 heterocycles. The van der Waals surface area contributed by atoms with Crippen molar-refractivity contribution < 1.29 is 4.79 Å². The fraction of sp³-hybridized carbons (Fsp3) is 0.348. The first-order chi connectivity index (χ1) is 14.1. The van der Waals surface area contributed by atoms with Gasteiger partial charge in [0.2, 0.25) is 5.91 Å². The lowest BCUT2D eigenvalue weighted by Gasteiger charge is -2.31. The van der Waals surface area contributed by atoms with Gasteiger partial charge in [0, 0.05) is 18.5 Å². The zero-order chi connectivity index (χ0) is 20.4. The second kappa shape index (κ2) is 8.07. The van der Waals surface area contributed by atoms with Gasteiger partial charge in [-0.1, -0.05) is 49.4 Å². The van der Waals surface area contributed by atoms with Crippen LogP contribution in [0.4, 0.5) is 0 Å². The molecular weight excluding hydrogens is 366 g/mol. The number of carbonyl (C=O) groups excluding carboxylic acids is 1. The van der Waals surface area contributed by atoms with E-state index in [2.05, 4.69) is 24.2 Å². The van der Waals surface area contributed by atoms with Gasteiger partial charge in [-0.25, -0.2) is 4.68 Å². The Kier molecular flexibility index (Phi) is 5.34. The maximum atomic E-state index is 13.1. The molecule has 0 spiro atoms. The third-order valence-electron chi connectivity index (χ3n) is 5.93. The highest BCUT2D eigenvalue weighted by Gasteiger charge is 2.34. The van der Waals surface area contributed by atoms with Crippen molar-refractivity contribution in [3.05, 3.63) is 80.9 Å². The highest BCUT2D eigenvalue weighted by atomic mass is 16.2. The maximum Gasteiger partial charge on any atom is 0.273 e. The van der Waals surface area contributed by atoms with Crippen LogP contribution < -0.4 is 11.1 Å². The minimum Gasteiger partial charge on any atom is -0.337 e. The van der Waals surface area contributed by atoms with E-state index < -0.39 is 0 Å². The number of fused-ring (bicyclic) bond motifs is 1. The average Bonchev–Trinajstić information content (AvgIpc) is 3.23. The lowest BCUT2D eigenvalue weighted by molar-refractivity contribution is -0.133. The van der Waals surface area contributed by atoms with Crippen molar-refractivity contribution in [2.75, 3.05) is 6.54 Å². The van der Waals surface area contributed by atoms with Crippen LogP contribution in [-0.2, 0) is 11.3 Å². The van der Waals surface area contributed by atoms with Crippen LogP contribution in [0.25, 0.3) is 10.8 Å². The molecule has 1 saturated heterocycles. The van der Waals surface area contributed by atoms with E-state index in [1.165, 1.54) is 5.56 Å². The summed E-state index contributed by atoms with van der Waals surface area (Å²) in [6.07, 6.45) is 2.83. The Hall–Kier alpha value is -3.15. The fourth-order valence-corrected chi connectivity index (χ4v) is 4.53. The summed E-state index contributed by atoms with van der Waals surface area (Å²) in [6, 6.07) is 17.1. The Balaban J connectivity index is 1.61. The molecule has 1 aliphatic heterocycles. The Bertz CT molecular complexity index is 1130. The number of hydrogen-bond donors (Lipinski definition) is 1. The minimum atomic E-state index is -0.360. The van der Waals surface area contributed by atoms with Crippen LogP contribution in [0, 0.1) is 0 Å². The zero-order valence-corrected chi connectivity index (χ0v) is 16.5. The van der Waals surface area contributed by atoms with E-state index >= 15 is 0 Å². The average molecular weight is 391 g/mol. The molecule has 2 aromatic carbocycles. The molecule has 1 amide bonds. The number of aromatic nitrogens is 2. The predicted octanol–water partition coefficient (Wildman–Crippen LogP) is 2.87. The second-order valence-electron chi connectivity index (χ2n) is 7.60. The van der Waals surface area contributed by atoms with Crippen LogP contribution in [0.15, 0.2) is 64.2 Å². The Morgan fingerprint density at radius 3 is 2.48 bits per heavy atom.